The van der Waals surface area contributed by atoms with Crippen molar-refractivity contribution in [2.45, 2.75) is 6.42 Å². The molecule has 1 aromatic carbocycles. The van der Waals surface area contributed by atoms with Crippen molar-refractivity contribution in [3.8, 4) is 12.3 Å². The van der Waals surface area contributed by atoms with Crippen molar-refractivity contribution in [1.29, 1.82) is 0 Å². The standard InChI is InChI=1S/C12H10N4O2/c1-2-3-6-13-12-10-7-9(16(17)18)4-5-11(10)14-8-15-12/h1,4-5,7-8H,3,6H2,(H,13,14,15). The van der Waals surface area contributed by atoms with E-state index in [4.69, 9.17) is 6.42 Å². The first kappa shape index (κ1) is 11.8. The molecule has 1 aromatic heterocycles. The third-order valence-electron chi connectivity index (χ3n) is 2.39. The summed E-state index contributed by atoms with van der Waals surface area (Å²) >= 11 is 0. The number of benzene rings is 1. The number of non-ortho nitro benzene ring substituents is 1. The highest BCUT2D eigenvalue weighted by Crippen LogP contribution is 2.23. The first-order chi connectivity index (χ1) is 8.72. The number of hydrogen-bond donors (Lipinski definition) is 1. The maximum Gasteiger partial charge on any atom is 0.270 e. The van der Waals surface area contributed by atoms with Crippen LogP contribution < -0.4 is 5.32 Å². The number of nitro benzene ring substituents is 1. The Hall–Kier alpha value is -2.68. The second-order valence-corrected chi connectivity index (χ2v) is 3.56. The fourth-order valence-electron chi connectivity index (χ4n) is 1.55. The zero-order chi connectivity index (χ0) is 13.0. The summed E-state index contributed by atoms with van der Waals surface area (Å²) in [5, 5.41) is 14.4. The molecular weight excluding hydrogens is 232 g/mol. The van der Waals surface area contributed by atoms with Gasteiger partial charge in [0, 0.05) is 30.5 Å². The molecule has 0 spiro atoms. The van der Waals surface area contributed by atoms with Crippen LogP contribution in [-0.2, 0) is 0 Å². The maximum atomic E-state index is 10.7. The highest BCUT2D eigenvalue weighted by Gasteiger charge is 2.10. The number of aromatic nitrogens is 2. The fourth-order valence-corrected chi connectivity index (χ4v) is 1.55. The Morgan fingerprint density at radius 3 is 3.00 bits per heavy atom. The van der Waals surface area contributed by atoms with Crippen molar-refractivity contribution in [1.82, 2.24) is 9.97 Å². The molecule has 6 nitrogen and oxygen atoms in total. The third-order valence-corrected chi connectivity index (χ3v) is 2.39. The van der Waals surface area contributed by atoms with E-state index in [0.717, 1.165) is 0 Å². The van der Waals surface area contributed by atoms with Gasteiger partial charge in [0.2, 0.25) is 0 Å². The smallest absolute Gasteiger partial charge is 0.270 e. The number of nitrogens with one attached hydrogen (secondary N) is 1. The van der Waals surface area contributed by atoms with Gasteiger partial charge in [-0.2, -0.15) is 0 Å². The molecule has 1 heterocycles. The minimum absolute atomic E-state index is 0.0114. The van der Waals surface area contributed by atoms with E-state index in [1.54, 1.807) is 6.07 Å². The largest absolute Gasteiger partial charge is 0.368 e. The Morgan fingerprint density at radius 2 is 2.28 bits per heavy atom. The van der Waals surface area contributed by atoms with Gasteiger partial charge in [-0.15, -0.1) is 12.3 Å². The topological polar surface area (TPSA) is 81.0 Å². The lowest BCUT2D eigenvalue weighted by Crippen LogP contribution is -2.03. The number of nitro groups is 1. The molecule has 90 valence electrons. The first-order valence-electron chi connectivity index (χ1n) is 5.29. The SMILES string of the molecule is C#CCCNc1ncnc2ccc([N+](=O)[O-])cc12. The van der Waals surface area contributed by atoms with E-state index in [0.29, 0.717) is 29.7 Å². The average molecular weight is 242 g/mol. The highest BCUT2D eigenvalue weighted by molar-refractivity contribution is 5.90. The molecule has 0 aliphatic rings. The summed E-state index contributed by atoms with van der Waals surface area (Å²) < 4.78 is 0. The lowest BCUT2D eigenvalue weighted by atomic mass is 10.2. The Kier molecular flexibility index (Phi) is 3.34. The lowest BCUT2D eigenvalue weighted by molar-refractivity contribution is -0.384. The van der Waals surface area contributed by atoms with E-state index in [1.807, 2.05) is 0 Å². The third kappa shape index (κ3) is 2.35. The van der Waals surface area contributed by atoms with Crippen LogP contribution in [0.1, 0.15) is 6.42 Å². The van der Waals surface area contributed by atoms with Crippen LogP contribution in [-0.4, -0.2) is 21.4 Å². The molecule has 0 amide bonds. The van der Waals surface area contributed by atoms with E-state index in [2.05, 4.69) is 21.2 Å². The second kappa shape index (κ2) is 5.10. The van der Waals surface area contributed by atoms with E-state index in [-0.39, 0.29) is 5.69 Å². The Morgan fingerprint density at radius 1 is 1.44 bits per heavy atom. The number of nitrogens with zero attached hydrogens (tertiary/aromatic N) is 3. The zero-order valence-electron chi connectivity index (χ0n) is 9.46. The summed E-state index contributed by atoms with van der Waals surface area (Å²) in [6, 6.07) is 4.47. The molecule has 0 radical (unpaired) electrons. The molecular formula is C12H10N4O2. The van der Waals surface area contributed by atoms with Gasteiger partial charge in [-0.05, 0) is 6.07 Å². The summed E-state index contributed by atoms with van der Waals surface area (Å²) in [7, 11) is 0. The van der Waals surface area contributed by atoms with E-state index >= 15 is 0 Å². The fraction of sp³-hybridized carbons (Fsp3) is 0.167. The number of anilines is 1. The van der Waals surface area contributed by atoms with Gasteiger partial charge in [0.25, 0.3) is 5.69 Å². The van der Waals surface area contributed by atoms with Gasteiger partial charge in [-0.25, -0.2) is 9.97 Å². The highest BCUT2D eigenvalue weighted by atomic mass is 16.6. The molecule has 0 aliphatic carbocycles. The van der Waals surface area contributed by atoms with E-state index in [1.165, 1.54) is 18.5 Å². The number of fused-ring (bicyclic) bond motifs is 1. The summed E-state index contributed by atoms with van der Waals surface area (Å²) in [6.45, 7) is 0.561. The molecule has 0 saturated carbocycles. The van der Waals surface area contributed by atoms with Gasteiger partial charge >= 0.3 is 0 Å². The molecule has 0 saturated heterocycles. The van der Waals surface area contributed by atoms with Crippen LogP contribution in [0.25, 0.3) is 10.9 Å². The summed E-state index contributed by atoms with van der Waals surface area (Å²) in [5.74, 6) is 3.06. The van der Waals surface area contributed by atoms with Crippen molar-refractivity contribution >= 4 is 22.4 Å². The Bertz CT molecular complexity index is 634. The van der Waals surface area contributed by atoms with Gasteiger partial charge in [-0.1, -0.05) is 0 Å². The predicted molar refractivity (Wildman–Crippen MR) is 68.1 cm³/mol. The Balaban J connectivity index is 2.42. The molecule has 0 fully saturated rings. The molecule has 0 bridgehead atoms. The van der Waals surface area contributed by atoms with Crippen LogP contribution in [0.3, 0.4) is 0 Å². The minimum atomic E-state index is -0.447. The monoisotopic (exact) mass is 242 g/mol. The van der Waals surface area contributed by atoms with Gasteiger partial charge in [0.1, 0.15) is 12.1 Å². The lowest BCUT2D eigenvalue weighted by Gasteiger charge is -2.06. The van der Waals surface area contributed by atoms with E-state index < -0.39 is 4.92 Å². The zero-order valence-corrected chi connectivity index (χ0v) is 9.46. The van der Waals surface area contributed by atoms with Crippen LogP contribution in [0.2, 0.25) is 0 Å². The van der Waals surface area contributed by atoms with Gasteiger partial charge in [0.05, 0.1) is 10.4 Å². The second-order valence-electron chi connectivity index (χ2n) is 3.56. The van der Waals surface area contributed by atoms with Crippen LogP contribution in [0.5, 0.6) is 0 Å². The van der Waals surface area contributed by atoms with Gasteiger partial charge in [0.15, 0.2) is 0 Å². The van der Waals surface area contributed by atoms with Crippen LogP contribution in [0, 0.1) is 22.5 Å². The van der Waals surface area contributed by atoms with Crippen LogP contribution >= 0.6 is 0 Å². The molecule has 2 rings (SSSR count). The van der Waals surface area contributed by atoms with Gasteiger partial charge < -0.3 is 5.32 Å². The molecule has 2 aromatic rings. The normalized spacial score (nSPS) is 9.94. The summed E-state index contributed by atoms with van der Waals surface area (Å²) in [5.41, 5.74) is 0.663. The quantitative estimate of drug-likeness (QED) is 0.383. The van der Waals surface area contributed by atoms with Crippen molar-refractivity contribution in [3.63, 3.8) is 0 Å². The predicted octanol–water partition coefficient (Wildman–Crippen LogP) is 1.97. The molecule has 0 atom stereocenters. The van der Waals surface area contributed by atoms with Gasteiger partial charge in [-0.3, -0.25) is 10.1 Å². The van der Waals surface area contributed by atoms with Crippen molar-refractivity contribution in [2.24, 2.45) is 0 Å². The van der Waals surface area contributed by atoms with Crippen LogP contribution in [0.4, 0.5) is 11.5 Å². The molecule has 6 heteroatoms. The first-order valence-corrected chi connectivity index (χ1v) is 5.29. The number of rotatable bonds is 4. The average Bonchev–Trinajstić information content (AvgIpc) is 2.38. The number of hydrogen-bond acceptors (Lipinski definition) is 5. The van der Waals surface area contributed by atoms with Crippen molar-refractivity contribution in [2.75, 3.05) is 11.9 Å². The van der Waals surface area contributed by atoms with Crippen molar-refractivity contribution < 1.29 is 4.92 Å². The summed E-state index contributed by atoms with van der Waals surface area (Å²) in [4.78, 5) is 18.4. The molecule has 0 aliphatic heterocycles. The summed E-state index contributed by atoms with van der Waals surface area (Å²) in [6.07, 6.45) is 7.12. The number of terminal acetylenes is 1. The molecule has 18 heavy (non-hydrogen) atoms. The Labute approximate surface area is 103 Å². The van der Waals surface area contributed by atoms with E-state index in [9.17, 15) is 10.1 Å². The molecule has 0 unspecified atom stereocenters. The molecule has 1 N–H and O–H groups in total. The van der Waals surface area contributed by atoms with Crippen LogP contribution in [0.15, 0.2) is 24.5 Å². The van der Waals surface area contributed by atoms with Crippen molar-refractivity contribution in [3.05, 3.63) is 34.6 Å². The maximum absolute atomic E-state index is 10.7. The minimum Gasteiger partial charge on any atom is -0.368 e.